The van der Waals surface area contributed by atoms with Crippen LogP contribution in [0.5, 0.6) is 5.75 Å². The summed E-state index contributed by atoms with van der Waals surface area (Å²) in [5.74, 6) is 0.185. The first-order chi connectivity index (χ1) is 11.9. The normalized spacial score (nSPS) is 23.7. The summed E-state index contributed by atoms with van der Waals surface area (Å²) < 4.78 is 5.33. The number of fused-ring (bicyclic) bond motifs is 2. The number of carbonyl (C=O) groups is 2. The summed E-state index contributed by atoms with van der Waals surface area (Å²) in [6.07, 6.45) is 0. The van der Waals surface area contributed by atoms with Crippen LogP contribution in [0.2, 0.25) is 0 Å². The van der Waals surface area contributed by atoms with Gasteiger partial charge in [0.25, 0.3) is 5.91 Å². The zero-order valence-electron chi connectivity index (χ0n) is 14.3. The molecule has 128 valence electrons. The van der Waals surface area contributed by atoms with Crippen molar-refractivity contribution < 1.29 is 14.3 Å². The third-order valence-electron chi connectivity index (χ3n) is 4.77. The summed E-state index contributed by atoms with van der Waals surface area (Å²) in [5.41, 5.74) is -0.176. The van der Waals surface area contributed by atoms with Crippen LogP contribution in [0.4, 0.5) is 11.4 Å². The molecule has 2 aromatic rings. The number of carbonyl (C=O) groups excluding carboxylic acids is 2. The number of rotatable bonds is 2. The highest BCUT2D eigenvalue weighted by molar-refractivity contribution is 6.17. The van der Waals surface area contributed by atoms with E-state index in [1.165, 1.54) is 0 Å². The molecule has 0 bridgehead atoms. The Morgan fingerprint density at radius 2 is 1.76 bits per heavy atom. The summed E-state index contributed by atoms with van der Waals surface area (Å²) in [5, 5.41) is 6.16. The van der Waals surface area contributed by atoms with Gasteiger partial charge in [-0.3, -0.25) is 19.8 Å². The third kappa shape index (κ3) is 2.01. The van der Waals surface area contributed by atoms with Gasteiger partial charge in [-0.05, 0) is 44.2 Å². The topological polar surface area (TPSA) is 70.7 Å². The second-order valence-electron chi connectivity index (χ2n) is 6.80. The molecule has 0 radical (unpaired) electrons. The van der Waals surface area contributed by atoms with Crippen LogP contribution in [0.3, 0.4) is 0 Å². The van der Waals surface area contributed by atoms with E-state index in [4.69, 9.17) is 4.74 Å². The molecule has 2 aliphatic rings. The molecular weight excluding hydrogens is 318 g/mol. The van der Waals surface area contributed by atoms with Crippen molar-refractivity contribution in [3.8, 4) is 5.75 Å². The van der Waals surface area contributed by atoms with Gasteiger partial charge in [0.2, 0.25) is 11.6 Å². The van der Waals surface area contributed by atoms with Crippen LogP contribution < -0.4 is 20.3 Å². The van der Waals surface area contributed by atoms with Crippen molar-refractivity contribution >= 4 is 23.2 Å². The van der Waals surface area contributed by atoms with Crippen molar-refractivity contribution in [1.29, 1.82) is 0 Å². The summed E-state index contributed by atoms with van der Waals surface area (Å²) in [7, 11) is 1.57. The zero-order chi connectivity index (χ0) is 17.8. The fraction of sp³-hybridized carbons (Fsp3) is 0.263. The first kappa shape index (κ1) is 15.7. The number of benzene rings is 2. The lowest BCUT2D eigenvalue weighted by Crippen LogP contribution is -2.56. The number of nitrogens with zero attached hydrogens (tertiary/aromatic N) is 1. The van der Waals surface area contributed by atoms with Crippen molar-refractivity contribution in [3.63, 3.8) is 0 Å². The Balaban J connectivity index is 1.99. The molecule has 0 aliphatic carbocycles. The molecule has 1 fully saturated rings. The number of hydrogen-bond acceptors (Lipinski definition) is 4. The number of para-hydroxylation sites is 1. The average Bonchev–Trinajstić information content (AvgIpc) is 2.99. The summed E-state index contributed by atoms with van der Waals surface area (Å²) in [4.78, 5) is 27.8. The second kappa shape index (κ2) is 5.07. The molecule has 6 heteroatoms. The van der Waals surface area contributed by atoms with Crippen molar-refractivity contribution in [2.45, 2.75) is 25.0 Å². The smallest absolute Gasteiger partial charge is 0.270 e. The molecular formula is C19H19N3O3. The van der Waals surface area contributed by atoms with Gasteiger partial charge in [-0.25, -0.2) is 0 Å². The Morgan fingerprint density at radius 3 is 2.44 bits per heavy atom. The SMILES string of the molecule is COc1ccc2c(c1)C1(NC(C)(C)C(=O)N1c1ccccc1)C(=O)N2. The molecule has 4 rings (SSSR count). The van der Waals surface area contributed by atoms with Crippen LogP contribution in [0.1, 0.15) is 19.4 Å². The van der Waals surface area contributed by atoms with Crippen molar-refractivity contribution in [3.05, 3.63) is 54.1 Å². The lowest BCUT2D eigenvalue weighted by atomic mass is 9.98. The Kier molecular flexibility index (Phi) is 3.17. The quantitative estimate of drug-likeness (QED) is 0.881. The van der Waals surface area contributed by atoms with E-state index in [0.29, 0.717) is 22.7 Å². The van der Waals surface area contributed by atoms with E-state index < -0.39 is 11.2 Å². The molecule has 25 heavy (non-hydrogen) atoms. The van der Waals surface area contributed by atoms with Crippen molar-refractivity contribution in [2.24, 2.45) is 0 Å². The van der Waals surface area contributed by atoms with Crippen LogP contribution in [-0.2, 0) is 15.3 Å². The van der Waals surface area contributed by atoms with E-state index in [0.717, 1.165) is 0 Å². The lowest BCUT2D eigenvalue weighted by Gasteiger charge is -2.33. The first-order valence-electron chi connectivity index (χ1n) is 8.09. The molecule has 2 N–H and O–H groups in total. The monoisotopic (exact) mass is 337 g/mol. The fourth-order valence-corrected chi connectivity index (χ4v) is 3.62. The molecule has 0 aromatic heterocycles. The Hall–Kier alpha value is -2.86. The molecule has 2 amide bonds. The van der Waals surface area contributed by atoms with Crippen molar-refractivity contribution in [2.75, 3.05) is 17.3 Å². The Bertz CT molecular complexity index is 879. The number of nitrogens with one attached hydrogen (secondary N) is 2. The van der Waals surface area contributed by atoms with Crippen LogP contribution in [0, 0.1) is 0 Å². The third-order valence-corrected chi connectivity index (χ3v) is 4.77. The van der Waals surface area contributed by atoms with Crippen molar-refractivity contribution in [1.82, 2.24) is 5.32 Å². The average molecular weight is 337 g/mol. The van der Waals surface area contributed by atoms with E-state index in [1.807, 2.05) is 30.3 Å². The highest BCUT2D eigenvalue weighted by Crippen LogP contribution is 2.47. The van der Waals surface area contributed by atoms with Crippen LogP contribution in [0.15, 0.2) is 48.5 Å². The number of methoxy groups -OCH3 is 1. The molecule has 6 nitrogen and oxygen atoms in total. The minimum Gasteiger partial charge on any atom is -0.497 e. The second-order valence-corrected chi connectivity index (χ2v) is 6.80. The number of amides is 2. The summed E-state index contributed by atoms with van der Waals surface area (Å²) >= 11 is 0. The van der Waals surface area contributed by atoms with E-state index >= 15 is 0 Å². The van der Waals surface area contributed by atoms with Gasteiger partial charge in [-0.2, -0.15) is 0 Å². The molecule has 1 unspecified atom stereocenters. The van der Waals surface area contributed by atoms with E-state index in [-0.39, 0.29) is 11.8 Å². The number of anilines is 2. The fourth-order valence-electron chi connectivity index (χ4n) is 3.62. The highest BCUT2D eigenvalue weighted by atomic mass is 16.5. The summed E-state index contributed by atoms with van der Waals surface area (Å²) in [6, 6.07) is 14.6. The van der Waals surface area contributed by atoms with Gasteiger partial charge in [0.05, 0.1) is 12.6 Å². The predicted octanol–water partition coefficient (Wildman–Crippen LogP) is 2.22. The first-order valence-corrected chi connectivity index (χ1v) is 8.09. The Labute approximate surface area is 145 Å². The number of ether oxygens (including phenoxy) is 1. The van der Waals surface area contributed by atoms with E-state index in [2.05, 4.69) is 10.6 Å². The molecule has 2 aliphatic heterocycles. The van der Waals surface area contributed by atoms with Crippen LogP contribution in [-0.4, -0.2) is 24.5 Å². The molecule has 1 spiro atoms. The van der Waals surface area contributed by atoms with Gasteiger partial charge >= 0.3 is 0 Å². The molecule has 2 aromatic carbocycles. The van der Waals surface area contributed by atoms with Crippen LogP contribution >= 0.6 is 0 Å². The molecule has 1 saturated heterocycles. The van der Waals surface area contributed by atoms with Gasteiger partial charge in [0, 0.05) is 16.9 Å². The van der Waals surface area contributed by atoms with Gasteiger partial charge in [-0.1, -0.05) is 18.2 Å². The highest BCUT2D eigenvalue weighted by Gasteiger charge is 2.63. The molecule has 1 atom stereocenters. The van der Waals surface area contributed by atoms with E-state index in [1.54, 1.807) is 44.1 Å². The standard InChI is InChI=1S/C19H19N3O3/c1-18(2)17(24)22(12-7-5-4-6-8-12)19(21-18)14-11-13(25-3)9-10-15(14)20-16(19)23/h4-11,21H,1-3H3,(H,20,23). The molecule has 2 heterocycles. The van der Waals surface area contributed by atoms with E-state index in [9.17, 15) is 9.59 Å². The van der Waals surface area contributed by atoms with Crippen LogP contribution in [0.25, 0.3) is 0 Å². The maximum atomic E-state index is 13.2. The lowest BCUT2D eigenvalue weighted by molar-refractivity contribution is -0.124. The minimum atomic E-state index is -1.30. The van der Waals surface area contributed by atoms with Gasteiger partial charge in [-0.15, -0.1) is 0 Å². The minimum absolute atomic E-state index is 0.162. The van der Waals surface area contributed by atoms with Gasteiger partial charge < -0.3 is 10.1 Å². The zero-order valence-corrected chi connectivity index (χ0v) is 14.3. The molecule has 0 saturated carbocycles. The largest absolute Gasteiger partial charge is 0.497 e. The van der Waals surface area contributed by atoms with Gasteiger partial charge in [0.15, 0.2) is 0 Å². The maximum absolute atomic E-state index is 13.2. The maximum Gasteiger partial charge on any atom is 0.270 e. The Morgan fingerprint density at radius 1 is 1.04 bits per heavy atom. The predicted molar refractivity (Wildman–Crippen MR) is 94.4 cm³/mol. The number of hydrogen-bond donors (Lipinski definition) is 2. The summed E-state index contributed by atoms with van der Waals surface area (Å²) in [6.45, 7) is 3.57. The van der Waals surface area contributed by atoms with Gasteiger partial charge in [0.1, 0.15) is 5.75 Å².